The SMILES string of the molecule is C=CC(=O)N1CCN(C2NC(OCC3CCCN3C)NC3C[C@]4(CCc5ccc(Cl)cc5O4)CCC32)CC1CC#N. The van der Waals surface area contributed by atoms with Crippen molar-refractivity contribution in [2.75, 3.05) is 39.8 Å². The molecule has 3 saturated heterocycles. The van der Waals surface area contributed by atoms with Crippen LogP contribution in [-0.4, -0.2) is 96.7 Å². The first-order valence-electron chi connectivity index (χ1n) is 15.2. The zero-order valence-electron chi connectivity index (χ0n) is 24.1. The molecule has 1 amide bonds. The van der Waals surface area contributed by atoms with E-state index in [4.69, 9.17) is 21.1 Å². The molecular weight excluding hydrogens is 540 g/mol. The van der Waals surface area contributed by atoms with E-state index in [-0.39, 0.29) is 36.1 Å². The van der Waals surface area contributed by atoms with Gasteiger partial charge < -0.3 is 19.3 Å². The zero-order valence-corrected chi connectivity index (χ0v) is 24.8. The van der Waals surface area contributed by atoms with Crippen LogP contribution in [0.1, 0.15) is 50.5 Å². The Morgan fingerprint density at radius 2 is 2.15 bits per heavy atom. The Kier molecular flexibility index (Phi) is 8.60. The van der Waals surface area contributed by atoms with Gasteiger partial charge in [-0.05, 0) is 75.9 Å². The molecule has 0 aromatic heterocycles. The van der Waals surface area contributed by atoms with Crippen LogP contribution in [0.4, 0.5) is 0 Å². The minimum Gasteiger partial charge on any atom is -0.487 e. The average molecular weight is 583 g/mol. The Morgan fingerprint density at radius 1 is 1.27 bits per heavy atom. The number of nitrogens with zero attached hydrogens (tertiary/aromatic N) is 4. The second-order valence-electron chi connectivity index (χ2n) is 12.6. The Morgan fingerprint density at radius 3 is 2.93 bits per heavy atom. The molecule has 4 aliphatic heterocycles. The van der Waals surface area contributed by atoms with Crippen molar-refractivity contribution in [2.45, 2.75) is 87.6 Å². The van der Waals surface area contributed by atoms with Crippen LogP contribution in [0.2, 0.25) is 5.02 Å². The normalized spacial score (nSPS) is 35.8. The summed E-state index contributed by atoms with van der Waals surface area (Å²) in [6, 6.07) is 8.79. The van der Waals surface area contributed by atoms with E-state index >= 15 is 0 Å². The second kappa shape index (κ2) is 12.2. The highest BCUT2D eigenvalue weighted by Gasteiger charge is 2.51. The van der Waals surface area contributed by atoms with Crippen molar-refractivity contribution in [3.8, 4) is 11.8 Å². The van der Waals surface area contributed by atoms with Crippen molar-refractivity contribution in [3.05, 3.63) is 41.4 Å². The molecule has 4 heterocycles. The zero-order chi connectivity index (χ0) is 28.6. The maximum absolute atomic E-state index is 12.5. The van der Waals surface area contributed by atoms with Crippen LogP contribution < -0.4 is 15.4 Å². The van der Waals surface area contributed by atoms with Crippen LogP contribution in [-0.2, 0) is 16.0 Å². The third kappa shape index (κ3) is 6.01. The Bertz CT molecular complexity index is 1180. The van der Waals surface area contributed by atoms with E-state index < -0.39 is 0 Å². The van der Waals surface area contributed by atoms with Crippen LogP contribution in [0.15, 0.2) is 30.9 Å². The minimum absolute atomic E-state index is 0.0809. The predicted octanol–water partition coefficient (Wildman–Crippen LogP) is 3.10. The lowest BCUT2D eigenvalue weighted by Gasteiger charge is -2.55. The molecule has 6 unspecified atom stereocenters. The quantitative estimate of drug-likeness (QED) is 0.495. The van der Waals surface area contributed by atoms with E-state index in [0.29, 0.717) is 43.1 Å². The Balaban J connectivity index is 1.21. The number of halogens is 1. The first-order valence-corrected chi connectivity index (χ1v) is 15.6. The fourth-order valence-corrected chi connectivity index (χ4v) is 8.01. The number of piperazine rings is 1. The van der Waals surface area contributed by atoms with Crippen molar-refractivity contribution in [1.82, 2.24) is 25.3 Å². The van der Waals surface area contributed by atoms with Gasteiger partial charge in [-0.15, -0.1) is 0 Å². The molecule has 5 aliphatic rings. The van der Waals surface area contributed by atoms with E-state index in [1.54, 1.807) is 0 Å². The highest BCUT2D eigenvalue weighted by atomic mass is 35.5. The molecule has 10 heteroatoms. The molecule has 0 radical (unpaired) electrons. The van der Waals surface area contributed by atoms with Crippen molar-refractivity contribution < 1.29 is 14.3 Å². The van der Waals surface area contributed by atoms with Crippen LogP contribution in [0.5, 0.6) is 5.75 Å². The van der Waals surface area contributed by atoms with E-state index in [9.17, 15) is 10.1 Å². The summed E-state index contributed by atoms with van der Waals surface area (Å²) in [5.41, 5.74) is 1.01. The molecule has 2 N–H and O–H groups in total. The number of nitrogens with one attached hydrogen (secondary N) is 2. The number of carbonyl (C=O) groups is 1. The number of likely N-dealkylation sites (N-methyl/N-ethyl adjacent to an activating group) is 1. The molecule has 1 aromatic carbocycles. The van der Waals surface area contributed by atoms with Crippen molar-refractivity contribution >= 4 is 17.5 Å². The molecule has 6 rings (SSSR count). The summed E-state index contributed by atoms with van der Waals surface area (Å²) in [7, 11) is 2.18. The largest absolute Gasteiger partial charge is 0.487 e. The summed E-state index contributed by atoms with van der Waals surface area (Å²) >= 11 is 6.33. The number of fused-ring (bicyclic) bond motifs is 2. The first-order chi connectivity index (χ1) is 19.9. The van der Waals surface area contributed by atoms with Gasteiger partial charge in [0.25, 0.3) is 0 Å². The number of carbonyl (C=O) groups excluding carboxylic acids is 1. The average Bonchev–Trinajstić information content (AvgIpc) is 3.39. The third-order valence-electron chi connectivity index (χ3n) is 10.2. The highest BCUT2D eigenvalue weighted by molar-refractivity contribution is 6.30. The molecule has 1 spiro atoms. The molecule has 7 atom stereocenters. The molecule has 1 aromatic rings. The standard InChI is InChI=1S/C31H43ClN6O3/c1-3-28(39)38-16-15-37(19-23(38)10-13-33)29-25-9-12-31(11-8-21-6-7-22(32)17-27(21)41-31)18-26(25)34-30(35-29)40-20-24-5-4-14-36(24)2/h3,6-7,17,23-26,29-30,34-35H,1,4-5,8-12,14-16,18-20H2,2H3/t23?,24?,25?,26?,29?,30?,31-/m0/s1. The van der Waals surface area contributed by atoms with Crippen molar-refractivity contribution in [1.29, 1.82) is 5.26 Å². The van der Waals surface area contributed by atoms with E-state index in [2.05, 4.69) is 46.2 Å². The number of likely N-dealkylation sites (tertiary alicyclic amines) is 1. The van der Waals surface area contributed by atoms with Crippen LogP contribution in [0.3, 0.4) is 0 Å². The van der Waals surface area contributed by atoms with Gasteiger partial charge in [-0.1, -0.05) is 24.2 Å². The number of rotatable bonds is 6. The van der Waals surface area contributed by atoms with Gasteiger partial charge in [-0.3, -0.25) is 20.3 Å². The van der Waals surface area contributed by atoms with Gasteiger partial charge in [0, 0.05) is 49.1 Å². The summed E-state index contributed by atoms with van der Waals surface area (Å²) in [5.74, 6) is 1.17. The van der Waals surface area contributed by atoms with E-state index in [1.165, 1.54) is 18.1 Å². The molecule has 1 aliphatic carbocycles. The smallest absolute Gasteiger partial charge is 0.246 e. The molecule has 0 bridgehead atoms. The fraction of sp³-hybridized carbons (Fsp3) is 0.677. The Hall–Kier alpha value is -2.19. The number of hydrogen-bond acceptors (Lipinski definition) is 8. The maximum Gasteiger partial charge on any atom is 0.246 e. The van der Waals surface area contributed by atoms with Gasteiger partial charge in [0.2, 0.25) is 5.91 Å². The summed E-state index contributed by atoms with van der Waals surface area (Å²) in [5, 5.41) is 17.9. The van der Waals surface area contributed by atoms with E-state index in [0.717, 1.165) is 57.4 Å². The third-order valence-corrected chi connectivity index (χ3v) is 10.4. The monoisotopic (exact) mass is 582 g/mol. The second-order valence-corrected chi connectivity index (χ2v) is 13.0. The summed E-state index contributed by atoms with van der Waals surface area (Å²) < 4.78 is 13.3. The molecule has 1 saturated carbocycles. The minimum atomic E-state index is -0.280. The number of ether oxygens (including phenoxy) is 2. The number of benzene rings is 1. The number of aryl methyl sites for hydroxylation is 1. The molecule has 9 nitrogen and oxygen atoms in total. The highest BCUT2D eigenvalue weighted by Crippen LogP contribution is 2.46. The summed E-state index contributed by atoms with van der Waals surface area (Å²) in [4.78, 5) is 19.2. The molecular formula is C31H43ClN6O3. The van der Waals surface area contributed by atoms with Crippen molar-refractivity contribution in [2.24, 2.45) is 5.92 Å². The summed E-state index contributed by atoms with van der Waals surface area (Å²) in [6.07, 6.45) is 8.73. The molecule has 41 heavy (non-hydrogen) atoms. The topological polar surface area (TPSA) is 93.1 Å². The molecule has 222 valence electrons. The maximum atomic E-state index is 12.5. The lowest BCUT2D eigenvalue weighted by atomic mass is 9.70. The predicted molar refractivity (Wildman–Crippen MR) is 157 cm³/mol. The number of nitriles is 1. The van der Waals surface area contributed by atoms with Crippen LogP contribution in [0, 0.1) is 17.2 Å². The van der Waals surface area contributed by atoms with Crippen LogP contribution >= 0.6 is 11.6 Å². The van der Waals surface area contributed by atoms with Gasteiger partial charge in [-0.2, -0.15) is 5.26 Å². The lowest BCUT2D eigenvalue weighted by Crippen LogP contribution is -2.73. The Labute approximate surface area is 248 Å². The van der Waals surface area contributed by atoms with Gasteiger partial charge in [0.15, 0.2) is 6.35 Å². The molecule has 4 fully saturated rings. The van der Waals surface area contributed by atoms with Gasteiger partial charge >= 0.3 is 0 Å². The lowest BCUT2D eigenvalue weighted by molar-refractivity contribution is -0.139. The van der Waals surface area contributed by atoms with E-state index in [1.807, 2.05) is 17.0 Å². The van der Waals surface area contributed by atoms with Gasteiger partial charge in [0.1, 0.15) is 11.4 Å². The number of hydrogen-bond donors (Lipinski definition) is 2. The van der Waals surface area contributed by atoms with Gasteiger partial charge in [-0.25, -0.2) is 0 Å². The fourth-order valence-electron chi connectivity index (χ4n) is 7.85. The van der Waals surface area contributed by atoms with Crippen molar-refractivity contribution in [3.63, 3.8) is 0 Å². The van der Waals surface area contributed by atoms with Gasteiger partial charge in [0.05, 0.1) is 31.3 Å². The van der Waals surface area contributed by atoms with Crippen LogP contribution in [0.25, 0.3) is 0 Å². The first kappa shape index (κ1) is 28.9. The summed E-state index contributed by atoms with van der Waals surface area (Å²) in [6.45, 7) is 7.45. The number of amides is 1.